The Bertz CT molecular complexity index is 1430. The minimum Gasteiger partial charge on any atom is -0.379 e. The number of amides is 1. The van der Waals surface area contributed by atoms with Crippen molar-refractivity contribution in [3.05, 3.63) is 112 Å². The minimum absolute atomic E-state index is 0.00574. The topological polar surface area (TPSA) is 89.6 Å². The number of carbonyl (C=O) groups excluding carboxylic acids is 1. The molecule has 2 heterocycles. The van der Waals surface area contributed by atoms with E-state index in [0.29, 0.717) is 26.3 Å². The van der Waals surface area contributed by atoms with E-state index in [4.69, 9.17) is 4.74 Å². The van der Waals surface area contributed by atoms with Crippen LogP contribution in [0.25, 0.3) is 10.9 Å². The van der Waals surface area contributed by atoms with Crippen LogP contribution >= 0.6 is 0 Å². The highest BCUT2D eigenvalue weighted by atomic mass is 19.1. The van der Waals surface area contributed by atoms with Gasteiger partial charge in [0.25, 0.3) is 5.69 Å². The van der Waals surface area contributed by atoms with Crippen molar-refractivity contribution in [3.8, 4) is 0 Å². The first kappa shape index (κ1) is 26.5. The number of nitro groups is 1. The number of para-hydroxylation sites is 1. The monoisotopic (exact) mass is 530 g/mol. The Balaban J connectivity index is 1.43. The summed E-state index contributed by atoms with van der Waals surface area (Å²) in [5.74, 6) is -0.676. The molecule has 0 radical (unpaired) electrons. The zero-order valence-corrected chi connectivity index (χ0v) is 21.6. The predicted molar refractivity (Wildman–Crippen MR) is 147 cm³/mol. The summed E-state index contributed by atoms with van der Waals surface area (Å²) in [6.07, 6.45) is 2.24. The number of ether oxygens (including phenoxy) is 1. The number of aromatic nitrogens is 1. The van der Waals surface area contributed by atoms with Crippen molar-refractivity contribution in [1.29, 1.82) is 0 Å². The number of hydrogen-bond donors (Lipinski definition) is 1. The largest absolute Gasteiger partial charge is 0.379 e. The van der Waals surface area contributed by atoms with Crippen molar-refractivity contribution >= 4 is 22.5 Å². The van der Waals surface area contributed by atoms with Gasteiger partial charge in [-0.25, -0.2) is 4.39 Å². The summed E-state index contributed by atoms with van der Waals surface area (Å²) in [4.78, 5) is 26.3. The highest BCUT2D eigenvalue weighted by Crippen LogP contribution is 2.35. The molecule has 5 rings (SSSR count). The molecule has 4 aromatic rings. The first-order valence-electron chi connectivity index (χ1n) is 13.1. The molecule has 1 saturated heterocycles. The van der Waals surface area contributed by atoms with Gasteiger partial charge in [0.2, 0.25) is 5.91 Å². The van der Waals surface area contributed by atoms with E-state index >= 15 is 0 Å². The van der Waals surface area contributed by atoms with Gasteiger partial charge in [-0.05, 0) is 34.9 Å². The molecule has 0 saturated carbocycles. The lowest BCUT2D eigenvalue weighted by atomic mass is 9.88. The van der Waals surface area contributed by atoms with Gasteiger partial charge in [-0.2, -0.15) is 0 Å². The molecule has 39 heavy (non-hydrogen) atoms. The Kier molecular flexibility index (Phi) is 8.29. The lowest BCUT2D eigenvalue weighted by Gasteiger charge is -2.26. The summed E-state index contributed by atoms with van der Waals surface area (Å²) in [6.45, 7) is 4.96. The van der Waals surface area contributed by atoms with E-state index in [1.807, 2.05) is 30.5 Å². The van der Waals surface area contributed by atoms with Gasteiger partial charge in [-0.15, -0.1) is 0 Å². The van der Waals surface area contributed by atoms with Crippen molar-refractivity contribution in [1.82, 2.24) is 14.8 Å². The van der Waals surface area contributed by atoms with E-state index in [0.717, 1.165) is 47.2 Å². The van der Waals surface area contributed by atoms with E-state index in [2.05, 4.69) is 14.8 Å². The van der Waals surface area contributed by atoms with Gasteiger partial charge in [0.05, 0.1) is 18.1 Å². The summed E-state index contributed by atoms with van der Waals surface area (Å²) in [7, 11) is 0. The van der Waals surface area contributed by atoms with Crippen molar-refractivity contribution in [2.45, 2.75) is 18.9 Å². The summed E-state index contributed by atoms with van der Waals surface area (Å²) in [5, 5.41) is 15.3. The molecule has 0 spiro atoms. The Morgan fingerprint density at radius 3 is 2.46 bits per heavy atom. The molecule has 1 aliphatic rings. The van der Waals surface area contributed by atoms with Gasteiger partial charge < -0.3 is 14.6 Å². The number of nitrogens with one attached hydrogen (secondary N) is 1. The van der Waals surface area contributed by atoms with E-state index in [1.165, 1.54) is 24.3 Å². The quantitative estimate of drug-likeness (QED) is 0.237. The lowest BCUT2D eigenvalue weighted by molar-refractivity contribution is -0.384. The number of halogens is 1. The average Bonchev–Trinajstić information content (AvgIpc) is 3.31. The summed E-state index contributed by atoms with van der Waals surface area (Å²) >= 11 is 0. The molecule has 1 atom stereocenters. The molecule has 9 heteroatoms. The fourth-order valence-corrected chi connectivity index (χ4v) is 5.14. The number of nitrogens with zero attached hydrogens (tertiary/aromatic N) is 3. The molecule has 0 bridgehead atoms. The van der Waals surface area contributed by atoms with Gasteiger partial charge in [-0.1, -0.05) is 42.5 Å². The van der Waals surface area contributed by atoms with Gasteiger partial charge >= 0.3 is 0 Å². The Morgan fingerprint density at radius 1 is 1.03 bits per heavy atom. The highest BCUT2D eigenvalue weighted by molar-refractivity contribution is 5.86. The Morgan fingerprint density at radius 2 is 1.74 bits per heavy atom. The molecule has 202 valence electrons. The van der Waals surface area contributed by atoms with Gasteiger partial charge in [0.1, 0.15) is 5.82 Å². The number of morpholine rings is 1. The van der Waals surface area contributed by atoms with Gasteiger partial charge in [0, 0.05) is 74.3 Å². The lowest BCUT2D eigenvalue weighted by Crippen LogP contribution is -2.41. The molecule has 1 fully saturated rings. The van der Waals surface area contributed by atoms with Crippen LogP contribution in [0.1, 0.15) is 29.0 Å². The molecular weight excluding hydrogens is 499 g/mol. The maximum atomic E-state index is 13.5. The van der Waals surface area contributed by atoms with Crippen LogP contribution in [0, 0.1) is 15.9 Å². The standard InChI is InChI=1S/C30H31FN4O4/c31-24-9-5-22(6-10-24)20-34-21-28(26-3-1-2-4-29(26)34)27(23-7-11-25(12-8-23)35(37)38)19-30(36)32-13-14-33-15-17-39-18-16-33/h1-12,21,27H,13-20H2,(H,32,36)/t27-/m0/s1. The normalized spacial score (nSPS) is 14.8. The number of nitro benzene ring substituents is 1. The van der Waals surface area contributed by atoms with Gasteiger partial charge in [-0.3, -0.25) is 19.8 Å². The molecule has 0 aliphatic carbocycles. The van der Waals surface area contributed by atoms with Crippen LogP contribution in [0.5, 0.6) is 0 Å². The maximum absolute atomic E-state index is 13.5. The molecular formula is C30H31FN4O4. The summed E-state index contributed by atoms with van der Waals surface area (Å²) in [5.41, 5.74) is 3.75. The first-order valence-corrected chi connectivity index (χ1v) is 13.1. The number of rotatable bonds is 10. The molecule has 1 amide bonds. The fraction of sp³-hybridized carbons (Fsp3) is 0.300. The third-order valence-electron chi connectivity index (χ3n) is 7.21. The highest BCUT2D eigenvalue weighted by Gasteiger charge is 2.24. The Hall–Kier alpha value is -4.08. The zero-order valence-electron chi connectivity index (χ0n) is 21.6. The average molecular weight is 531 g/mol. The molecule has 1 N–H and O–H groups in total. The fourth-order valence-electron chi connectivity index (χ4n) is 5.14. The molecule has 0 unspecified atom stereocenters. The van der Waals surface area contributed by atoms with E-state index in [9.17, 15) is 19.3 Å². The van der Waals surface area contributed by atoms with E-state index in [1.54, 1.807) is 24.3 Å². The van der Waals surface area contributed by atoms with Crippen molar-refractivity contribution < 1.29 is 18.8 Å². The van der Waals surface area contributed by atoms with Crippen molar-refractivity contribution in [2.75, 3.05) is 39.4 Å². The zero-order chi connectivity index (χ0) is 27.2. The second-order valence-electron chi connectivity index (χ2n) is 9.77. The van der Waals surface area contributed by atoms with Crippen LogP contribution in [-0.2, 0) is 16.1 Å². The van der Waals surface area contributed by atoms with Gasteiger partial charge in [0.15, 0.2) is 0 Å². The number of non-ortho nitro benzene ring substituents is 1. The van der Waals surface area contributed by atoms with Crippen molar-refractivity contribution in [2.24, 2.45) is 0 Å². The second-order valence-corrected chi connectivity index (χ2v) is 9.77. The SMILES string of the molecule is O=C(C[C@@H](c1ccc([N+](=O)[O-])cc1)c1cn(Cc2ccc(F)cc2)c2ccccc12)NCCN1CCOCC1. The van der Waals surface area contributed by atoms with Crippen LogP contribution in [0.2, 0.25) is 0 Å². The van der Waals surface area contributed by atoms with Crippen molar-refractivity contribution in [3.63, 3.8) is 0 Å². The van der Waals surface area contributed by atoms with Crippen LogP contribution in [0.4, 0.5) is 10.1 Å². The maximum Gasteiger partial charge on any atom is 0.269 e. The van der Waals surface area contributed by atoms with Crippen LogP contribution in [0.3, 0.4) is 0 Å². The first-order chi connectivity index (χ1) is 19.0. The molecule has 1 aliphatic heterocycles. The molecule has 8 nitrogen and oxygen atoms in total. The molecule has 1 aromatic heterocycles. The van der Waals surface area contributed by atoms with E-state index in [-0.39, 0.29) is 29.8 Å². The van der Waals surface area contributed by atoms with Crippen LogP contribution in [0.15, 0.2) is 79.0 Å². The third-order valence-corrected chi connectivity index (χ3v) is 7.21. The number of carbonyl (C=O) groups is 1. The minimum atomic E-state index is -0.425. The second kappa shape index (κ2) is 12.2. The van der Waals surface area contributed by atoms with Crippen LogP contribution < -0.4 is 5.32 Å². The molecule has 3 aromatic carbocycles. The number of benzene rings is 3. The van der Waals surface area contributed by atoms with Crippen LogP contribution in [-0.4, -0.2) is 59.7 Å². The third kappa shape index (κ3) is 6.50. The smallest absolute Gasteiger partial charge is 0.269 e. The van der Waals surface area contributed by atoms with E-state index < -0.39 is 4.92 Å². The summed E-state index contributed by atoms with van der Waals surface area (Å²) < 4.78 is 21.0. The Labute approximate surface area is 226 Å². The number of hydrogen-bond acceptors (Lipinski definition) is 5. The summed E-state index contributed by atoms with van der Waals surface area (Å²) in [6, 6.07) is 20.8. The predicted octanol–water partition coefficient (Wildman–Crippen LogP) is 4.71. The number of fused-ring (bicyclic) bond motifs is 1.